The molecule has 1 heterocycles. The number of hydrogen-bond donors (Lipinski definition) is 1. The van der Waals surface area contributed by atoms with Gasteiger partial charge < -0.3 is 5.32 Å². The molecule has 0 aliphatic carbocycles. The number of benzene rings is 2. The van der Waals surface area contributed by atoms with Gasteiger partial charge in [-0.1, -0.05) is 48.0 Å². The summed E-state index contributed by atoms with van der Waals surface area (Å²) < 4.78 is 0. The van der Waals surface area contributed by atoms with Crippen LogP contribution in [0.4, 0.5) is 5.69 Å². The molecular weight excluding hydrogens is 280 g/mol. The lowest BCUT2D eigenvalue weighted by molar-refractivity contribution is 0.208. The summed E-state index contributed by atoms with van der Waals surface area (Å²) in [5.74, 6) is 0. The summed E-state index contributed by atoms with van der Waals surface area (Å²) in [5, 5.41) is 4.51. The van der Waals surface area contributed by atoms with Crippen molar-refractivity contribution >= 4 is 17.3 Å². The van der Waals surface area contributed by atoms with Crippen molar-refractivity contribution < 1.29 is 0 Å². The number of hydrogen-bond acceptors (Lipinski definition) is 2. The van der Waals surface area contributed by atoms with E-state index in [-0.39, 0.29) is 0 Å². The average molecular weight is 301 g/mol. The molecule has 0 radical (unpaired) electrons. The third-order valence-corrected chi connectivity index (χ3v) is 4.37. The van der Waals surface area contributed by atoms with Crippen molar-refractivity contribution in [1.82, 2.24) is 4.90 Å². The third-order valence-electron chi connectivity index (χ3n) is 4.00. The van der Waals surface area contributed by atoms with Gasteiger partial charge in [-0.3, -0.25) is 4.90 Å². The van der Waals surface area contributed by atoms with Gasteiger partial charge in [-0.05, 0) is 43.1 Å². The molecule has 1 unspecified atom stereocenters. The molecule has 1 atom stereocenters. The maximum absolute atomic E-state index is 6.27. The van der Waals surface area contributed by atoms with E-state index in [1.54, 1.807) is 0 Å². The molecule has 3 heteroatoms. The van der Waals surface area contributed by atoms with Gasteiger partial charge in [0.25, 0.3) is 0 Å². The summed E-state index contributed by atoms with van der Waals surface area (Å²) in [6.45, 7) is 3.16. The zero-order valence-corrected chi connectivity index (χ0v) is 12.9. The quantitative estimate of drug-likeness (QED) is 0.899. The molecule has 1 fully saturated rings. The van der Waals surface area contributed by atoms with Crippen LogP contribution in [-0.2, 0) is 6.54 Å². The number of nitrogens with zero attached hydrogens (tertiary/aromatic N) is 1. The monoisotopic (exact) mass is 300 g/mol. The van der Waals surface area contributed by atoms with Crippen molar-refractivity contribution in [2.24, 2.45) is 0 Å². The molecule has 1 N–H and O–H groups in total. The molecule has 0 aromatic heterocycles. The number of para-hydroxylation sites is 1. The van der Waals surface area contributed by atoms with Crippen molar-refractivity contribution in [2.75, 3.05) is 18.4 Å². The molecule has 2 nitrogen and oxygen atoms in total. The maximum Gasteiger partial charge on any atom is 0.0451 e. The predicted octanol–water partition coefficient (Wildman–Crippen LogP) is 4.42. The first-order valence-electron chi connectivity index (χ1n) is 7.58. The van der Waals surface area contributed by atoms with Gasteiger partial charge in [0.1, 0.15) is 0 Å². The van der Waals surface area contributed by atoms with Crippen molar-refractivity contribution in [1.29, 1.82) is 0 Å². The van der Waals surface area contributed by atoms with Crippen LogP contribution in [0.25, 0.3) is 0 Å². The van der Waals surface area contributed by atoms with Crippen LogP contribution in [0, 0.1) is 0 Å². The first-order chi connectivity index (χ1) is 10.3. The first kappa shape index (κ1) is 14.4. The molecule has 21 heavy (non-hydrogen) atoms. The normalized spacial score (nSPS) is 19.4. The minimum absolute atomic E-state index is 0.517. The van der Waals surface area contributed by atoms with E-state index in [9.17, 15) is 0 Å². The van der Waals surface area contributed by atoms with E-state index in [1.807, 2.05) is 12.1 Å². The fourth-order valence-electron chi connectivity index (χ4n) is 2.95. The van der Waals surface area contributed by atoms with Crippen molar-refractivity contribution in [2.45, 2.75) is 25.4 Å². The predicted molar refractivity (Wildman–Crippen MR) is 89.8 cm³/mol. The van der Waals surface area contributed by atoms with Crippen LogP contribution in [0.5, 0.6) is 0 Å². The Balaban J connectivity index is 1.60. The second-order valence-corrected chi connectivity index (χ2v) is 6.08. The fraction of sp³-hybridized carbons (Fsp3) is 0.333. The van der Waals surface area contributed by atoms with Gasteiger partial charge in [-0.2, -0.15) is 0 Å². The lowest BCUT2D eigenvalue weighted by Gasteiger charge is -2.33. The van der Waals surface area contributed by atoms with Crippen molar-refractivity contribution in [3.05, 3.63) is 65.2 Å². The Morgan fingerprint density at radius 2 is 1.81 bits per heavy atom. The molecule has 0 saturated carbocycles. The Hall–Kier alpha value is -1.51. The molecule has 110 valence electrons. The lowest BCUT2D eigenvalue weighted by Crippen LogP contribution is -2.41. The zero-order valence-electron chi connectivity index (χ0n) is 12.1. The summed E-state index contributed by atoms with van der Waals surface area (Å²) in [7, 11) is 0. The largest absolute Gasteiger partial charge is 0.381 e. The topological polar surface area (TPSA) is 15.3 Å². The summed E-state index contributed by atoms with van der Waals surface area (Å²) in [4.78, 5) is 2.49. The third kappa shape index (κ3) is 3.99. The molecule has 0 amide bonds. The highest BCUT2D eigenvalue weighted by molar-refractivity contribution is 6.31. The molecule has 0 bridgehead atoms. The van der Waals surface area contributed by atoms with E-state index in [1.165, 1.54) is 24.1 Å². The molecular formula is C18H21ClN2. The van der Waals surface area contributed by atoms with Crippen LogP contribution in [0.2, 0.25) is 5.02 Å². The van der Waals surface area contributed by atoms with Crippen LogP contribution in [0.1, 0.15) is 18.4 Å². The van der Waals surface area contributed by atoms with Crippen LogP contribution in [0.3, 0.4) is 0 Å². The summed E-state index contributed by atoms with van der Waals surface area (Å²) >= 11 is 6.27. The summed E-state index contributed by atoms with van der Waals surface area (Å²) in [6.07, 6.45) is 2.46. The molecule has 1 aliphatic rings. The molecule has 0 spiro atoms. The highest BCUT2D eigenvalue weighted by atomic mass is 35.5. The van der Waals surface area contributed by atoms with Gasteiger partial charge in [-0.15, -0.1) is 0 Å². The standard InChI is InChI=1S/C18H21ClN2/c19-18-11-5-4-7-15(18)13-21-12-6-10-17(14-21)20-16-8-2-1-3-9-16/h1-5,7-9,11,17,20H,6,10,12-14H2. The smallest absolute Gasteiger partial charge is 0.0451 e. The van der Waals surface area contributed by atoms with Gasteiger partial charge in [0.05, 0.1) is 0 Å². The van der Waals surface area contributed by atoms with Crippen molar-refractivity contribution in [3.8, 4) is 0 Å². The number of halogens is 1. The van der Waals surface area contributed by atoms with E-state index in [2.05, 4.69) is 52.7 Å². The summed E-state index contributed by atoms with van der Waals surface area (Å²) in [5.41, 5.74) is 2.43. The molecule has 3 rings (SSSR count). The van der Waals surface area contributed by atoms with E-state index in [4.69, 9.17) is 11.6 Å². The number of rotatable bonds is 4. The van der Waals surface area contributed by atoms with Gasteiger partial charge in [0, 0.05) is 29.8 Å². The van der Waals surface area contributed by atoms with Crippen molar-refractivity contribution in [3.63, 3.8) is 0 Å². The minimum atomic E-state index is 0.517. The number of likely N-dealkylation sites (tertiary alicyclic amines) is 1. The highest BCUT2D eigenvalue weighted by Gasteiger charge is 2.20. The van der Waals surface area contributed by atoms with Gasteiger partial charge in [-0.25, -0.2) is 0 Å². The number of anilines is 1. The average Bonchev–Trinajstić information content (AvgIpc) is 2.51. The fourth-order valence-corrected chi connectivity index (χ4v) is 3.15. The SMILES string of the molecule is Clc1ccccc1CN1CCCC(Nc2ccccc2)C1. The van der Waals surface area contributed by atoms with Crippen LogP contribution < -0.4 is 5.32 Å². The summed E-state index contributed by atoms with van der Waals surface area (Å²) in [6, 6.07) is 19.1. The van der Waals surface area contributed by atoms with Gasteiger partial charge in [0.2, 0.25) is 0 Å². The second kappa shape index (κ2) is 6.97. The van der Waals surface area contributed by atoms with E-state index in [0.29, 0.717) is 6.04 Å². The Labute approximate surface area is 131 Å². The van der Waals surface area contributed by atoms with Gasteiger partial charge in [0.15, 0.2) is 0 Å². The minimum Gasteiger partial charge on any atom is -0.381 e. The molecule has 2 aromatic rings. The molecule has 1 aliphatic heterocycles. The Bertz CT molecular complexity index is 570. The first-order valence-corrected chi connectivity index (χ1v) is 7.96. The van der Waals surface area contributed by atoms with E-state index < -0.39 is 0 Å². The van der Waals surface area contributed by atoms with E-state index in [0.717, 1.165) is 24.7 Å². The Kier molecular flexibility index (Phi) is 4.79. The lowest BCUT2D eigenvalue weighted by atomic mass is 10.0. The van der Waals surface area contributed by atoms with E-state index >= 15 is 0 Å². The maximum atomic E-state index is 6.27. The van der Waals surface area contributed by atoms with Crippen LogP contribution in [-0.4, -0.2) is 24.0 Å². The van der Waals surface area contributed by atoms with Crippen LogP contribution in [0.15, 0.2) is 54.6 Å². The molecule has 1 saturated heterocycles. The van der Waals surface area contributed by atoms with Crippen LogP contribution >= 0.6 is 11.6 Å². The Morgan fingerprint density at radius 3 is 2.62 bits per heavy atom. The zero-order chi connectivity index (χ0) is 14.5. The Morgan fingerprint density at radius 1 is 1.05 bits per heavy atom. The second-order valence-electron chi connectivity index (χ2n) is 5.68. The number of piperidine rings is 1. The highest BCUT2D eigenvalue weighted by Crippen LogP contribution is 2.21. The van der Waals surface area contributed by atoms with Gasteiger partial charge >= 0.3 is 0 Å². The molecule has 2 aromatic carbocycles. The number of nitrogens with one attached hydrogen (secondary N) is 1.